The molecule has 0 radical (unpaired) electrons. The van der Waals surface area contributed by atoms with E-state index in [4.69, 9.17) is 14.2 Å². The van der Waals surface area contributed by atoms with E-state index in [0.717, 1.165) is 17.1 Å². The number of aliphatic hydroxyl groups excluding tert-OH is 1. The average molecular weight is 269 g/mol. The maximum Gasteiger partial charge on any atom is 0.165 e. The van der Waals surface area contributed by atoms with Crippen molar-refractivity contribution in [3.63, 3.8) is 0 Å². The Hall–Kier alpha value is -1.30. The van der Waals surface area contributed by atoms with Crippen LogP contribution in [0, 0.1) is 0 Å². The summed E-state index contributed by atoms with van der Waals surface area (Å²) in [5, 5.41) is 12.8. The molecule has 0 fully saturated rings. The van der Waals surface area contributed by atoms with Crippen molar-refractivity contribution in [2.75, 3.05) is 34.5 Å². The largest absolute Gasteiger partial charge is 0.493 e. The van der Waals surface area contributed by atoms with Gasteiger partial charge in [0.05, 0.1) is 26.9 Å². The van der Waals surface area contributed by atoms with Gasteiger partial charge in [-0.3, -0.25) is 0 Å². The van der Waals surface area contributed by atoms with Gasteiger partial charge in [-0.1, -0.05) is 12.1 Å². The maximum atomic E-state index is 9.52. The summed E-state index contributed by atoms with van der Waals surface area (Å²) in [4.78, 5) is 0. The lowest BCUT2D eigenvalue weighted by Gasteiger charge is -2.14. The summed E-state index contributed by atoms with van der Waals surface area (Å²) in [6, 6.07) is 5.78. The molecule has 0 bridgehead atoms. The summed E-state index contributed by atoms with van der Waals surface area (Å²) in [5.41, 5.74) is 1.03. The normalized spacial score (nSPS) is 12.2. The van der Waals surface area contributed by atoms with Crippen LogP contribution in [0.3, 0.4) is 0 Å². The van der Waals surface area contributed by atoms with E-state index in [1.54, 1.807) is 21.3 Å². The van der Waals surface area contributed by atoms with Crippen LogP contribution in [0.25, 0.3) is 0 Å². The lowest BCUT2D eigenvalue weighted by molar-refractivity contribution is 0.0594. The highest BCUT2D eigenvalue weighted by Crippen LogP contribution is 2.30. The molecule has 0 saturated carbocycles. The first-order valence-corrected chi connectivity index (χ1v) is 6.30. The average Bonchev–Trinajstić information content (AvgIpc) is 2.43. The van der Waals surface area contributed by atoms with E-state index in [0.29, 0.717) is 26.1 Å². The Morgan fingerprint density at radius 2 is 2.00 bits per heavy atom. The number of rotatable bonds is 9. The van der Waals surface area contributed by atoms with E-state index in [9.17, 15) is 5.11 Å². The summed E-state index contributed by atoms with van der Waals surface area (Å²) in [6.07, 6.45) is 0.227. The first-order chi connectivity index (χ1) is 9.22. The lowest BCUT2D eigenvalue weighted by Crippen LogP contribution is -2.23. The Bertz CT molecular complexity index is 370. The fourth-order valence-electron chi connectivity index (χ4n) is 1.86. The molecule has 1 aromatic rings. The molecule has 108 valence electrons. The molecule has 1 atom stereocenters. The zero-order valence-corrected chi connectivity index (χ0v) is 11.8. The standard InChI is InChI=1S/C14H23NO4/c1-17-10-12(16)7-8-15-9-11-5-4-6-13(18-2)14(11)19-3/h4-6,12,15-16H,7-10H2,1-3H3. The van der Waals surface area contributed by atoms with Crippen molar-refractivity contribution >= 4 is 0 Å². The van der Waals surface area contributed by atoms with E-state index in [2.05, 4.69) is 5.32 Å². The van der Waals surface area contributed by atoms with Gasteiger partial charge in [-0.2, -0.15) is 0 Å². The molecule has 1 rings (SSSR count). The third-order valence-electron chi connectivity index (χ3n) is 2.81. The highest BCUT2D eigenvalue weighted by molar-refractivity contribution is 5.46. The molecule has 1 aromatic carbocycles. The van der Waals surface area contributed by atoms with Crippen molar-refractivity contribution < 1.29 is 19.3 Å². The predicted octanol–water partition coefficient (Wildman–Crippen LogP) is 1.19. The van der Waals surface area contributed by atoms with Gasteiger partial charge in [0.2, 0.25) is 0 Å². The molecular weight excluding hydrogens is 246 g/mol. The molecular formula is C14H23NO4. The van der Waals surface area contributed by atoms with E-state index >= 15 is 0 Å². The number of ether oxygens (including phenoxy) is 3. The van der Waals surface area contributed by atoms with Crippen molar-refractivity contribution in [3.8, 4) is 11.5 Å². The number of hydrogen-bond acceptors (Lipinski definition) is 5. The summed E-state index contributed by atoms with van der Waals surface area (Å²) in [7, 11) is 4.83. The fourth-order valence-corrected chi connectivity index (χ4v) is 1.86. The summed E-state index contributed by atoms with van der Waals surface area (Å²) in [5.74, 6) is 1.47. The first kappa shape index (κ1) is 15.8. The summed E-state index contributed by atoms with van der Waals surface area (Å²) < 4.78 is 15.5. The maximum absolute atomic E-state index is 9.52. The van der Waals surface area contributed by atoms with Crippen LogP contribution >= 0.6 is 0 Å². The lowest BCUT2D eigenvalue weighted by atomic mass is 10.1. The van der Waals surface area contributed by atoms with Gasteiger partial charge in [0.1, 0.15) is 0 Å². The van der Waals surface area contributed by atoms with Gasteiger partial charge < -0.3 is 24.6 Å². The molecule has 0 spiro atoms. The number of methoxy groups -OCH3 is 3. The molecule has 0 heterocycles. The van der Waals surface area contributed by atoms with Crippen LogP contribution in [0.15, 0.2) is 18.2 Å². The Morgan fingerprint density at radius 3 is 2.63 bits per heavy atom. The SMILES string of the molecule is COCC(O)CCNCc1cccc(OC)c1OC. The second kappa shape index (κ2) is 8.74. The minimum absolute atomic E-state index is 0.365. The predicted molar refractivity (Wildman–Crippen MR) is 73.8 cm³/mol. The van der Waals surface area contributed by atoms with E-state index in [-0.39, 0.29) is 0 Å². The molecule has 1 unspecified atom stereocenters. The molecule has 0 aliphatic carbocycles. The van der Waals surface area contributed by atoms with Gasteiger partial charge in [-0.15, -0.1) is 0 Å². The van der Waals surface area contributed by atoms with Crippen LogP contribution in [0.4, 0.5) is 0 Å². The molecule has 5 nitrogen and oxygen atoms in total. The van der Waals surface area contributed by atoms with Crippen molar-refractivity contribution in [1.82, 2.24) is 5.32 Å². The number of hydrogen-bond donors (Lipinski definition) is 2. The Balaban J connectivity index is 2.45. The van der Waals surface area contributed by atoms with Crippen molar-refractivity contribution in [1.29, 1.82) is 0 Å². The highest BCUT2D eigenvalue weighted by Gasteiger charge is 2.09. The first-order valence-electron chi connectivity index (χ1n) is 6.30. The molecule has 0 aromatic heterocycles. The smallest absolute Gasteiger partial charge is 0.165 e. The van der Waals surface area contributed by atoms with E-state index in [1.807, 2.05) is 18.2 Å². The summed E-state index contributed by atoms with van der Waals surface area (Å²) >= 11 is 0. The minimum atomic E-state index is -0.426. The van der Waals surface area contributed by atoms with E-state index in [1.165, 1.54) is 0 Å². The van der Waals surface area contributed by atoms with Crippen LogP contribution < -0.4 is 14.8 Å². The number of nitrogens with one attached hydrogen (secondary N) is 1. The van der Waals surface area contributed by atoms with Gasteiger partial charge in [-0.25, -0.2) is 0 Å². The second-order valence-corrected chi connectivity index (χ2v) is 4.23. The molecule has 0 amide bonds. The third-order valence-corrected chi connectivity index (χ3v) is 2.81. The van der Waals surface area contributed by atoms with Gasteiger partial charge in [0.25, 0.3) is 0 Å². The molecule has 5 heteroatoms. The fraction of sp³-hybridized carbons (Fsp3) is 0.571. The van der Waals surface area contributed by atoms with Gasteiger partial charge in [-0.05, 0) is 19.0 Å². The second-order valence-electron chi connectivity index (χ2n) is 4.23. The van der Waals surface area contributed by atoms with Crippen LogP contribution in [0.1, 0.15) is 12.0 Å². The van der Waals surface area contributed by atoms with Crippen molar-refractivity contribution in [2.24, 2.45) is 0 Å². The van der Waals surface area contributed by atoms with E-state index < -0.39 is 6.10 Å². The minimum Gasteiger partial charge on any atom is -0.493 e. The highest BCUT2D eigenvalue weighted by atomic mass is 16.5. The topological polar surface area (TPSA) is 60.0 Å². The number of aliphatic hydroxyl groups is 1. The van der Waals surface area contributed by atoms with Crippen LogP contribution in [-0.2, 0) is 11.3 Å². The zero-order chi connectivity index (χ0) is 14.1. The third kappa shape index (κ3) is 5.06. The van der Waals surface area contributed by atoms with Gasteiger partial charge >= 0.3 is 0 Å². The van der Waals surface area contributed by atoms with Crippen molar-refractivity contribution in [3.05, 3.63) is 23.8 Å². The molecule has 19 heavy (non-hydrogen) atoms. The van der Waals surface area contributed by atoms with Crippen LogP contribution in [0.5, 0.6) is 11.5 Å². The molecule has 0 aliphatic heterocycles. The Labute approximate surface area is 114 Å². The Morgan fingerprint density at radius 1 is 1.21 bits per heavy atom. The molecule has 0 saturated heterocycles. The summed E-state index contributed by atoms with van der Waals surface area (Å²) in [6.45, 7) is 1.75. The monoisotopic (exact) mass is 269 g/mol. The van der Waals surface area contributed by atoms with Crippen LogP contribution in [-0.4, -0.2) is 45.7 Å². The van der Waals surface area contributed by atoms with Crippen molar-refractivity contribution in [2.45, 2.75) is 19.1 Å². The van der Waals surface area contributed by atoms with Gasteiger partial charge in [0, 0.05) is 19.2 Å². The van der Waals surface area contributed by atoms with Crippen LogP contribution in [0.2, 0.25) is 0 Å². The zero-order valence-electron chi connectivity index (χ0n) is 11.8. The number of para-hydroxylation sites is 1. The van der Waals surface area contributed by atoms with Gasteiger partial charge in [0.15, 0.2) is 11.5 Å². The number of benzene rings is 1. The molecule has 2 N–H and O–H groups in total. The molecule has 0 aliphatic rings. The quantitative estimate of drug-likeness (QED) is 0.659. The Kier molecular flexibility index (Phi) is 7.25.